The summed E-state index contributed by atoms with van der Waals surface area (Å²) in [5, 5.41) is 3.35. The number of hydrogen-bond acceptors (Lipinski definition) is 2. The Kier molecular flexibility index (Phi) is 5.37. The Hall–Kier alpha value is -0.860. The van der Waals surface area contributed by atoms with Gasteiger partial charge in [-0.2, -0.15) is 0 Å². The van der Waals surface area contributed by atoms with E-state index in [-0.39, 0.29) is 0 Å². The van der Waals surface area contributed by atoms with Crippen molar-refractivity contribution in [3.05, 3.63) is 35.4 Å². The maximum atomic E-state index is 5.07. The topological polar surface area (TPSA) is 21.3 Å². The molecule has 0 radical (unpaired) electrons. The summed E-state index contributed by atoms with van der Waals surface area (Å²) in [6.07, 6.45) is 2.21. The molecule has 0 bridgehead atoms. The van der Waals surface area contributed by atoms with Gasteiger partial charge in [-0.05, 0) is 32.4 Å². The molecule has 0 aromatic heterocycles. The Morgan fingerprint density at radius 1 is 1.40 bits per heavy atom. The van der Waals surface area contributed by atoms with Gasteiger partial charge < -0.3 is 10.1 Å². The molecule has 0 spiro atoms. The number of benzene rings is 1. The number of nitrogens with one attached hydrogen (secondary N) is 1. The Morgan fingerprint density at radius 2 is 2.20 bits per heavy atom. The number of rotatable bonds is 6. The molecule has 1 atom stereocenters. The van der Waals surface area contributed by atoms with E-state index in [0.29, 0.717) is 6.04 Å². The maximum absolute atomic E-state index is 5.07. The quantitative estimate of drug-likeness (QED) is 0.724. The molecule has 84 valence electrons. The Bertz CT molecular complexity index is 286. The summed E-state index contributed by atoms with van der Waals surface area (Å²) in [5.74, 6) is 0. The normalized spacial score (nSPS) is 12.7. The fourth-order valence-corrected chi connectivity index (χ4v) is 1.80. The summed E-state index contributed by atoms with van der Waals surface area (Å²) < 4.78 is 5.07. The first-order valence-electron chi connectivity index (χ1n) is 5.50. The van der Waals surface area contributed by atoms with E-state index in [1.807, 2.05) is 7.05 Å². The minimum atomic E-state index is 0.444. The maximum Gasteiger partial charge on any atom is 0.0462 e. The van der Waals surface area contributed by atoms with Crippen LogP contribution in [0, 0.1) is 6.92 Å². The lowest BCUT2D eigenvalue weighted by molar-refractivity contribution is 0.189. The first kappa shape index (κ1) is 12.2. The van der Waals surface area contributed by atoms with Gasteiger partial charge in [-0.3, -0.25) is 0 Å². The molecular weight excluding hydrogens is 186 g/mol. The van der Waals surface area contributed by atoms with Crippen LogP contribution in [0.1, 0.15) is 30.0 Å². The number of aryl methyl sites for hydroxylation is 1. The van der Waals surface area contributed by atoms with Gasteiger partial charge in [0, 0.05) is 19.8 Å². The van der Waals surface area contributed by atoms with E-state index < -0.39 is 0 Å². The van der Waals surface area contributed by atoms with E-state index in [9.17, 15) is 0 Å². The molecule has 1 N–H and O–H groups in total. The van der Waals surface area contributed by atoms with Crippen LogP contribution in [0.5, 0.6) is 0 Å². The predicted octanol–water partition coefficient (Wildman–Crippen LogP) is 2.68. The van der Waals surface area contributed by atoms with Crippen LogP contribution in [0.2, 0.25) is 0 Å². The third kappa shape index (κ3) is 4.02. The molecule has 0 aliphatic carbocycles. The number of ether oxygens (including phenoxy) is 1. The summed E-state index contributed by atoms with van der Waals surface area (Å²) in [6, 6.07) is 9.12. The van der Waals surface area contributed by atoms with Crippen molar-refractivity contribution >= 4 is 0 Å². The Labute approximate surface area is 92.6 Å². The Balaban J connectivity index is 2.57. The summed E-state index contributed by atoms with van der Waals surface area (Å²) >= 11 is 0. The molecule has 0 aliphatic rings. The molecule has 0 heterocycles. The highest BCUT2D eigenvalue weighted by Crippen LogP contribution is 2.18. The fraction of sp³-hybridized carbons (Fsp3) is 0.538. The SMILES string of the molecule is CNC(CCCOC)c1cccc(C)c1. The summed E-state index contributed by atoms with van der Waals surface area (Å²) in [6.45, 7) is 2.97. The van der Waals surface area contributed by atoms with Crippen LogP contribution in [0.4, 0.5) is 0 Å². The zero-order valence-corrected chi connectivity index (χ0v) is 9.92. The molecule has 15 heavy (non-hydrogen) atoms. The van der Waals surface area contributed by atoms with Gasteiger partial charge in [-0.15, -0.1) is 0 Å². The van der Waals surface area contributed by atoms with E-state index >= 15 is 0 Å². The highest BCUT2D eigenvalue weighted by atomic mass is 16.5. The van der Waals surface area contributed by atoms with Gasteiger partial charge in [0.05, 0.1) is 0 Å². The minimum absolute atomic E-state index is 0.444. The zero-order valence-electron chi connectivity index (χ0n) is 9.92. The average Bonchev–Trinajstić information content (AvgIpc) is 2.24. The van der Waals surface area contributed by atoms with Crippen molar-refractivity contribution in [2.45, 2.75) is 25.8 Å². The van der Waals surface area contributed by atoms with Gasteiger partial charge in [0.15, 0.2) is 0 Å². The second-order valence-electron chi connectivity index (χ2n) is 3.89. The predicted molar refractivity (Wildman–Crippen MR) is 64.1 cm³/mol. The molecule has 0 saturated heterocycles. The van der Waals surface area contributed by atoms with Crippen LogP contribution in [0.15, 0.2) is 24.3 Å². The molecule has 0 fully saturated rings. The van der Waals surface area contributed by atoms with Gasteiger partial charge in [-0.25, -0.2) is 0 Å². The fourth-order valence-electron chi connectivity index (χ4n) is 1.80. The molecule has 0 amide bonds. The van der Waals surface area contributed by atoms with Crippen molar-refractivity contribution in [1.29, 1.82) is 0 Å². The van der Waals surface area contributed by atoms with E-state index in [2.05, 4.69) is 36.5 Å². The third-order valence-electron chi connectivity index (χ3n) is 2.63. The second-order valence-corrected chi connectivity index (χ2v) is 3.89. The average molecular weight is 207 g/mol. The summed E-state index contributed by atoms with van der Waals surface area (Å²) in [4.78, 5) is 0. The minimum Gasteiger partial charge on any atom is -0.385 e. The lowest BCUT2D eigenvalue weighted by Gasteiger charge is -2.16. The molecule has 1 aromatic carbocycles. The Morgan fingerprint density at radius 3 is 2.80 bits per heavy atom. The van der Waals surface area contributed by atoms with Gasteiger partial charge >= 0.3 is 0 Å². The summed E-state index contributed by atoms with van der Waals surface area (Å²) in [5.41, 5.74) is 2.69. The smallest absolute Gasteiger partial charge is 0.0462 e. The van der Waals surface area contributed by atoms with Crippen LogP contribution in [-0.4, -0.2) is 20.8 Å². The third-order valence-corrected chi connectivity index (χ3v) is 2.63. The van der Waals surface area contributed by atoms with Crippen molar-refractivity contribution < 1.29 is 4.74 Å². The van der Waals surface area contributed by atoms with Crippen LogP contribution in [0.3, 0.4) is 0 Å². The highest BCUT2D eigenvalue weighted by molar-refractivity contribution is 5.24. The molecule has 1 rings (SSSR count). The first-order chi connectivity index (χ1) is 7.27. The van der Waals surface area contributed by atoms with Crippen molar-refractivity contribution in [3.63, 3.8) is 0 Å². The largest absolute Gasteiger partial charge is 0.385 e. The molecule has 1 unspecified atom stereocenters. The molecule has 0 saturated carbocycles. The van der Waals surface area contributed by atoms with Crippen molar-refractivity contribution in [3.8, 4) is 0 Å². The highest BCUT2D eigenvalue weighted by Gasteiger charge is 2.08. The molecule has 0 aliphatic heterocycles. The molecule has 1 aromatic rings. The van der Waals surface area contributed by atoms with Crippen LogP contribution in [0.25, 0.3) is 0 Å². The van der Waals surface area contributed by atoms with Gasteiger partial charge in [0.25, 0.3) is 0 Å². The van der Waals surface area contributed by atoms with E-state index in [1.54, 1.807) is 7.11 Å². The first-order valence-corrected chi connectivity index (χ1v) is 5.50. The van der Waals surface area contributed by atoms with Crippen molar-refractivity contribution in [2.24, 2.45) is 0 Å². The summed E-state index contributed by atoms with van der Waals surface area (Å²) in [7, 11) is 3.76. The van der Waals surface area contributed by atoms with Crippen LogP contribution in [-0.2, 0) is 4.74 Å². The van der Waals surface area contributed by atoms with Gasteiger partial charge in [-0.1, -0.05) is 29.8 Å². The van der Waals surface area contributed by atoms with Crippen molar-refractivity contribution in [1.82, 2.24) is 5.32 Å². The van der Waals surface area contributed by atoms with E-state index in [4.69, 9.17) is 4.74 Å². The monoisotopic (exact) mass is 207 g/mol. The molecular formula is C13H21NO. The van der Waals surface area contributed by atoms with Crippen LogP contribution >= 0.6 is 0 Å². The van der Waals surface area contributed by atoms with E-state index in [0.717, 1.165) is 19.4 Å². The lowest BCUT2D eigenvalue weighted by Crippen LogP contribution is -2.16. The zero-order chi connectivity index (χ0) is 11.1. The second kappa shape index (κ2) is 6.59. The van der Waals surface area contributed by atoms with E-state index in [1.165, 1.54) is 11.1 Å². The van der Waals surface area contributed by atoms with Gasteiger partial charge in [0.1, 0.15) is 0 Å². The lowest BCUT2D eigenvalue weighted by atomic mass is 10.0. The number of hydrogen-bond donors (Lipinski definition) is 1. The van der Waals surface area contributed by atoms with Crippen LogP contribution < -0.4 is 5.32 Å². The standard InChI is InChI=1S/C13H21NO/c1-11-6-4-7-12(10-11)13(14-2)8-5-9-15-3/h4,6-7,10,13-14H,5,8-9H2,1-3H3. The number of methoxy groups -OCH3 is 1. The molecule has 2 heteroatoms. The van der Waals surface area contributed by atoms with Gasteiger partial charge in [0.2, 0.25) is 0 Å². The van der Waals surface area contributed by atoms with Crippen molar-refractivity contribution in [2.75, 3.05) is 20.8 Å². The molecule has 2 nitrogen and oxygen atoms in total.